The van der Waals surface area contributed by atoms with Crippen LogP contribution in [0.3, 0.4) is 0 Å². The molecule has 0 N–H and O–H groups in total. The van der Waals surface area contributed by atoms with Crippen molar-refractivity contribution >= 4 is 0 Å². The molecule has 0 aliphatic heterocycles. The van der Waals surface area contributed by atoms with Crippen molar-refractivity contribution in [3.8, 4) is 23.0 Å². The lowest BCUT2D eigenvalue weighted by Crippen LogP contribution is -2.30. The summed E-state index contributed by atoms with van der Waals surface area (Å²) < 4.78 is 19.1. The van der Waals surface area contributed by atoms with Gasteiger partial charge in [0.2, 0.25) is 5.89 Å². The Hall–Kier alpha value is -2.80. The number of aromatic nitrogens is 3. The van der Waals surface area contributed by atoms with Gasteiger partial charge in [0.1, 0.15) is 17.3 Å². The minimum atomic E-state index is 0.344. The van der Waals surface area contributed by atoms with Gasteiger partial charge in [-0.05, 0) is 53.7 Å². The van der Waals surface area contributed by atoms with E-state index in [2.05, 4.69) is 37.7 Å². The van der Waals surface area contributed by atoms with Crippen molar-refractivity contribution in [2.24, 2.45) is 7.05 Å². The number of benzene rings is 1. The Kier molecular flexibility index (Phi) is 6.74. The Morgan fingerprint density at radius 1 is 1.06 bits per heavy atom. The molecule has 0 saturated heterocycles. The average molecular weight is 427 g/mol. The van der Waals surface area contributed by atoms with E-state index in [-0.39, 0.29) is 0 Å². The Morgan fingerprint density at radius 2 is 1.77 bits per heavy atom. The smallest absolute Gasteiger partial charge is 0.230 e. The molecule has 168 valence electrons. The van der Waals surface area contributed by atoms with Crippen LogP contribution in [0.25, 0.3) is 11.5 Å². The summed E-state index contributed by atoms with van der Waals surface area (Å²) in [5, 5.41) is 4.56. The van der Waals surface area contributed by atoms with Crippen molar-refractivity contribution in [3.63, 3.8) is 0 Å². The Labute approximate surface area is 185 Å². The first kappa shape index (κ1) is 22.9. The van der Waals surface area contributed by atoms with Gasteiger partial charge >= 0.3 is 0 Å². The predicted octanol–water partition coefficient (Wildman–Crippen LogP) is 4.74. The molecule has 0 radical (unpaired) electrons. The highest BCUT2D eigenvalue weighted by Gasteiger charge is 2.22. The Morgan fingerprint density at radius 3 is 2.32 bits per heavy atom. The summed E-state index contributed by atoms with van der Waals surface area (Å²) in [6, 6.07) is 4.19. The van der Waals surface area contributed by atoms with E-state index in [0.29, 0.717) is 18.5 Å². The largest absolute Gasteiger partial charge is 0.496 e. The first-order valence-electron chi connectivity index (χ1n) is 10.6. The van der Waals surface area contributed by atoms with Gasteiger partial charge in [-0.3, -0.25) is 9.58 Å². The fourth-order valence-electron chi connectivity index (χ4n) is 3.88. The third kappa shape index (κ3) is 4.46. The zero-order valence-corrected chi connectivity index (χ0v) is 20.2. The first-order valence-corrected chi connectivity index (χ1v) is 10.6. The second kappa shape index (κ2) is 9.14. The third-order valence-corrected chi connectivity index (χ3v) is 6.01. The van der Waals surface area contributed by atoms with Crippen LogP contribution in [-0.4, -0.2) is 39.9 Å². The zero-order valence-electron chi connectivity index (χ0n) is 20.2. The van der Waals surface area contributed by atoms with Crippen molar-refractivity contribution in [1.82, 2.24) is 19.7 Å². The van der Waals surface area contributed by atoms with Gasteiger partial charge in [0.25, 0.3) is 0 Å². The molecule has 31 heavy (non-hydrogen) atoms. The van der Waals surface area contributed by atoms with E-state index in [4.69, 9.17) is 18.9 Å². The number of hydrogen-bond acceptors (Lipinski definition) is 6. The first-order chi connectivity index (χ1) is 14.7. The Bertz CT molecular complexity index is 1070. The normalized spacial score (nSPS) is 11.6. The van der Waals surface area contributed by atoms with Crippen LogP contribution in [0.5, 0.6) is 11.5 Å². The minimum Gasteiger partial charge on any atom is -0.496 e. The molecule has 2 heterocycles. The molecule has 2 aromatic heterocycles. The van der Waals surface area contributed by atoms with Crippen LogP contribution in [0.4, 0.5) is 0 Å². The van der Waals surface area contributed by atoms with E-state index < -0.39 is 0 Å². The second-order valence-corrected chi connectivity index (χ2v) is 8.27. The van der Waals surface area contributed by atoms with Crippen LogP contribution in [0, 0.1) is 27.7 Å². The number of rotatable bonds is 8. The molecule has 0 unspecified atom stereocenters. The van der Waals surface area contributed by atoms with E-state index in [1.807, 2.05) is 37.7 Å². The average Bonchev–Trinajstić information content (AvgIpc) is 3.20. The highest BCUT2D eigenvalue weighted by atomic mass is 16.5. The van der Waals surface area contributed by atoms with Crippen molar-refractivity contribution < 1.29 is 13.9 Å². The van der Waals surface area contributed by atoms with E-state index >= 15 is 0 Å². The van der Waals surface area contributed by atoms with E-state index in [0.717, 1.165) is 46.3 Å². The molecule has 0 aliphatic carbocycles. The summed E-state index contributed by atoms with van der Waals surface area (Å²) in [5.41, 5.74) is 6.21. The number of aryl methyl sites for hydroxylation is 3. The molecule has 3 aromatic rings. The predicted molar refractivity (Wildman–Crippen MR) is 122 cm³/mol. The number of ether oxygens (including phenoxy) is 2. The minimum absolute atomic E-state index is 0.344. The lowest BCUT2D eigenvalue weighted by molar-refractivity contribution is 0.199. The summed E-state index contributed by atoms with van der Waals surface area (Å²) in [6.45, 7) is 14.0. The molecule has 7 nitrogen and oxygen atoms in total. The van der Waals surface area contributed by atoms with Crippen molar-refractivity contribution in [2.45, 2.75) is 60.7 Å². The summed E-state index contributed by atoms with van der Waals surface area (Å²) >= 11 is 0. The van der Waals surface area contributed by atoms with Crippen molar-refractivity contribution in [3.05, 3.63) is 46.1 Å². The summed E-state index contributed by atoms with van der Waals surface area (Å²) in [7, 11) is 5.30. The molecule has 0 atom stereocenters. The van der Waals surface area contributed by atoms with Crippen LogP contribution in [0.15, 0.2) is 16.5 Å². The Balaban J connectivity index is 1.92. The lowest BCUT2D eigenvalue weighted by Gasteiger charge is -2.26. The molecule has 0 bridgehead atoms. The molecule has 0 amide bonds. The fraction of sp³-hybridized carbons (Fsp3) is 0.500. The molecule has 1 aromatic carbocycles. The summed E-state index contributed by atoms with van der Waals surface area (Å²) in [6.07, 6.45) is 0. The lowest BCUT2D eigenvalue weighted by atomic mass is 10.1. The number of methoxy groups -OCH3 is 2. The van der Waals surface area contributed by atoms with Gasteiger partial charge < -0.3 is 13.9 Å². The standard InChI is InChI=1S/C24H34N4O3/c1-14(2)28(12-20-16(4)26-27(7)17(20)5)13-21-18(6)31-24(25-21)19-10-11-22(29-8)15(3)23(19)30-9/h10-11,14H,12-13H2,1-9H3. The van der Waals surface area contributed by atoms with Gasteiger partial charge in [-0.1, -0.05) is 0 Å². The van der Waals surface area contributed by atoms with Crippen LogP contribution in [-0.2, 0) is 20.1 Å². The molecular weight excluding hydrogens is 392 g/mol. The van der Waals surface area contributed by atoms with Gasteiger partial charge in [-0.25, -0.2) is 4.98 Å². The summed E-state index contributed by atoms with van der Waals surface area (Å²) in [5.74, 6) is 2.87. The zero-order chi connectivity index (χ0) is 22.9. The van der Waals surface area contributed by atoms with E-state index in [1.54, 1.807) is 14.2 Å². The summed E-state index contributed by atoms with van der Waals surface area (Å²) in [4.78, 5) is 7.24. The number of hydrogen-bond donors (Lipinski definition) is 0. The highest BCUT2D eigenvalue weighted by Crippen LogP contribution is 2.38. The number of oxazole rings is 1. The van der Waals surface area contributed by atoms with Crippen LogP contribution >= 0.6 is 0 Å². The van der Waals surface area contributed by atoms with Crippen LogP contribution in [0.1, 0.15) is 47.8 Å². The van der Waals surface area contributed by atoms with Crippen molar-refractivity contribution in [2.75, 3.05) is 14.2 Å². The van der Waals surface area contributed by atoms with Crippen LogP contribution in [0.2, 0.25) is 0 Å². The SMILES string of the molecule is COc1ccc(-c2nc(CN(Cc3c(C)nn(C)c3C)C(C)C)c(C)o2)c(OC)c1C. The maximum atomic E-state index is 6.08. The number of nitrogens with zero attached hydrogens (tertiary/aromatic N) is 4. The molecule has 0 aliphatic rings. The van der Waals surface area contributed by atoms with Gasteiger partial charge in [-0.15, -0.1) is 0 Å². The quantitative estimate of drug-likeness (QED) is 0.518. The molecular formula is C24H34N4O3. The molecule has 0 saturated carbocycles. The second-order valence-electron chi connectivity index (χ2n) is 8.27. The van der Waals surface area contributed by atoms with E-state index in [1.165, 1.54) is 11.3 Å². The van der Waals surface area contributed by atoms with Crippen molar-refractivity contribution in [1.29, 1.82) is 0 Å². The van der Waals surface area contributed by atoms with Gasteiger partial charge in [0.05, 0.1) is 31.2 Å². The topological polar surface area (TPSA) is 65.5 Å². The van der Waals surface area contributed by atoms with Gasteiger partial charge in [0, 0.05) is 43.0 Å². The maximum Gasteiger partial charge on any atom is 0.230 e. The fourth-order valence-corrected chi connectivity index (χ4v) is 3.88. The van der Waals surface area contributed by atoms with Gasteiger partial charge in [-0.2, -0.15) is 5.10 Å². The molecule has 7 heteroatoms. The highest BCUT2D eigenvalue weighted by molar-refractivity contribution is 5.68. The van der Waals surface area contributed by atoms with Gasteiger partial charge in [0.15, 0.2) is 0 Å². The molecule has 0 fully saturated rings. The molecule has 0 spiro atoms. The monoisotopic (exact) mass is 426 g/mol. The molecule has 3 rings (SSSR count). The third-order valence-electron chi connectivity index (χ3n) is 6.01. The van der Waals surface area contributed by atoms with Crippen LogP contribution < -0.4 is 9.47 Å². The maximum absolute atomic E-state index is 6.08. The van der Waals surface area contributed by atoms with E-state index in [9.17, 15) is 0 Å².